The molecule has 0 spiro atoms. The van der Waals surface area contributed by atoms with Gasteiger partial charge in [-0.3, -0.25) is 0 Å². The molecule has 0 radical (unpaired) electrons. The van der Waals surface area contributed by atoms with E-state index in [1.165, 1.54) is 26.4 Å². The average Bonchev–Trinajstić information content (AvgIpc) is 2.86. The van der Waals surface area contributed by atoms with E-state index in [-0.39, 0.29) is 16.8 Å². The number of hydrogen-bond acceptors (Lipinski definition) is 8. The van der Waals surface area contributed by atoms with E-state index in [1.54, 1.807) is 24.3 Å². The molecule has 37 heavy (non-hydrogen) atoms. The molecule has 0 fully saturated rings. The van der Waals surface area contributed by atoms with Crippen molar-refractivity contribution < 1.29 is 28.5 Å². The number of nitrogens with zero attached hydrogens (tertiary/aromatic N) is 1. The van der Waals surface area contributed by atoms with Gasteiger partial charge >= 0.3 is 11.6 Å². The first-order valence-electron chi connectivity index (χ1n) is 11.5. The predicted molar refractivity (Wildman–Crippen MR) is 140 cm³/mol. The van der Waals surface area contributed by atoms with Gasteiger partial charge in [0.2, 0.25) is 0 Å². The molecule has 0 saturated carbocycles. The highest BCUT2D eigenvalue weighted by Gasteiger charge is 2.28. The number of fused-ring (bicyclic) bond motifs is 1. The van der Waals surface area contributed by atoms with Crippen LogP contribution in [-0.2, 0) is 4.79 Å². The van der Waals surface area contributed by atoms with Gasteiger partial charge in [0.15, 0.2) is 22.8 Å². The highest BCUT2D eigenvalue weighted by molar-refractivity contribution is 6.23. The van der Waals surface area contributed by atoms with Crippen molar-refractivity contribution in [1.82, 2.24) is 4.98 Å². The van der Waals surface area contributed by atoms with E-state index in [2.05, 4.69) is 4.98 Å². The molecule has 3 aromatic carbocycles. The first-order chi connectivity index (χ1) is 17.6. The minimum absolute atomic E-state index is 0.187. The summed E-state index contributed by atoms with van der Waals surface area (Å²) in [5, 5.41) is 11.4. The average molecular weight is 502 g/mol. The second-order valence-electron chi connectivity index (χ2n) is 8.73. The molecule has 8 heteroatoms. The third-order valence-electron chi connectivity index (χ3n) is 5.88. The molecule has 1 heterocycles. The smallest absolute Gasteiger partial charge is 0.363 e. The van der Waals surface area contributed by atoms with Crippen LogP contribution >= 0.6 is 0 Å². The van der Waals surface area contributed by atoms with Crippen molar-refractivity contribution in [3.63, 3.8) is 0 Å². The number of aromatic nitrogens is 1. The quantitative estimate of drug-likeness (QED) is 0.160. The zero-order valence-corrected chi connectivity index (χ0v) is 21.5. The standard InChI is InChI=1S/C29H27NO7/c1-15-7-9-21-20(13-15)30-25(29(33)36-21)24(26(31)19-8-10-22(34-5)23(14-19)35-6)28(32)37-27-17(3)11-16(2)12-18(27)4/h7-14,31H,1-6H3/b26-24+. The molecule has 0 unspecified atom stereocenters. The van der Waals surface area contributed by atoms with Crippen molar-refractivity contribution in [3.8, 4) is 17.2 Å². The number of aryl methyl sites for hydroxylation is 4. The molecule has 4 aromatic rings. The lowest BCUT2D eigenvalue weighted by molar-refractivity contribution is -0.128. The summed E-state index contributed by atoms with van der Waals surface area (Å²) in [5.41, 5.74) is 2.41. The van der Waals surface area contributed by atoms with Gasteiger partial charge in [0.1, 0.15) is 22.6 Å². The molecule has 190 valence electrons. The Bertz CT molecular complexity index is 1590. The second-order valence-corrected chi connectivity index (χ2v) is 8.73. The normalized spacial score (nSPS) is 11.7. The van der Waals surface area contributed by atoms with Gasteiger partial charge in [-0.05, 0) is 74.7 Å². The Balaban J connectivity index is 1.96. The molecular weight excluding hydrogens is 474 g/mol. The van der Waals surface area contributed by atoms with Crippen LogP contribution in [-0.4, -0.2) is 30.3 Å². The summed E-state index contributed by atoms with van der Waals surface area (Å²) >= 11 is 0. The van der Waals surface area contributed by atoms with Gasteiger partial charge in [0, 0.05) is 5.56 Å². The fraction of sp³-hybridized carbons (Fsp3) is 0.207. The summed E-state index contributed by atoms with van der Waals surface area (Å²) in [5.74, 6) is -0.421. The van der Waals surface area contributed by atoms with Crippen molar-refractivity contribution in [2.24, 2.45) is 0 Å². The Labute approximate surface area is 213 Å². The van der Waals surface area contributed by atoms with Crippen LogP contribution < -0.4 is 19.8 Å². The summed E-state index contributed by atoms with van der Waals surface area (Å²) in [6, 6.07) is 13.4. The number of carbonyl (C=O) groups excluding carboxylic acids is 1. The number of rotatable bonds is 6. The molecule has 0 aliphatic carbocycles. The van der Waals surface area contributed by atoms with Gasteiger partial charge in [-0.2, -0.15) is 0 Å². The number of carbonyl (C=O) groups is 1. The molecular formula is C29H27NO7. The number of ether oxygens (including phenoxy) is 3. The van der Waals surface area contributed by atoms with Crippen molar-refractivity contribution in [3.05, 3.63) is 92.5 Å². The Kier molecular flexibility index (Phi) is 7.02. The van der Waals surface area contributed by atoms with Crippen LogP contribution in [0.4, 0.5) is 0 Å². The van der Waals surface area contributed by atoms with Crippen LogP contribution in [0.15, 0.2) is 57.7 Å². The van der Waals surface area contributed by atoms with E-state index < -0.39 is 22.9 Å². The van der Waals surface area contributed by atoms with Crippen LogP contribution in [0.5, 0.6) is 17.2 Å². The van der Waals surface area contributed by atoms with Crippen LogP contribution in [0.3, 0.4) is 0 Å². The van der Waals surface area contributed by atoms with Crippen molar-refractivity contribution >= 4 is 28.4 Å². The van der Waals surface area contributed by atoms with E-state index >= 15 is 0 Å². The lowest BCUT2D eigenvalue weighted by atomic mass is 10.0. The number of methoxy groups -OCH3 is 2. The Morgan fingerprint density at radius 1 is 0.865 bits per heavy atom. The predicted octanol–water partition coefficient (Wildman–Crippen LogP) is 5.47. The molecule has 4 rings (SSSR count). The van der Waals surface area contributed by atoms with Crippen LogP contribution in [0, 0.1) is 27.7 Å². The van der Waals surface area contributed by atoms with E-state index in [4.69, 9.17) is 18.6 Å². The van der Waals surface area contributed by atoms with Crippen molar-refractivity contribution in [2.45, 2.75) is 27.7 Å². The Morgan fingerprint density at radius 2 is 1.54 bits per heavy atom. The summed E-state index contributed by atoms with van der Waals surface area (Å²) in [7, 11) is 2.93. The third-order valence-corrected chi connectivity index (χ3v) is 5.88. The fourth-order valence-electron chi connectivity index (χ4n) is 4.18. The Morgan fingerprint density at radius 3 is 2.19 bits per heavy atom. The van der Waals surface area contributed by atoms with E-state index in [0.717, 1.165) is 22.3 Å². The molecule has 0 bridgehead atoms. The molecule has 0 aliphatic heterocycles. The number of aliphatic hydroxyl groups excluding tert-OH is 1. The maximum atomic E-state index is 13.6. The zero-order chi connectivity index (χ0) is 26.9. The zero-order valence-electron chi connectivity index (χ0n) is 21.5. The fourth-order valence-corrected chi connectivity index (χ4v) is 4.18. The van der Waals surface area contributed by atoms with Crippen LogP contribution in [0.1, 0.15) is 33.5 Å². The van der Waals surface area contributed by atoms with Crippen LogP contribution in [0.2, 0.25) is 0 Å². The molecule has 1 aromatic heterocycles. The second kappa shape index (κ2) is 10.2. The van der Waals surface area contributed by atoms with Crippen molar-refractivity contribution in [1.29, 1.82) is 0 Å². The molecule has 0 saturated heterocycles. The number of aliphatic hydroxyl groups is 1. The molecule has 0 atom stereocenters. The van der Waals surface area contributed by atoms with E-state index in [9.17, 15) is 14.7 Å². The van der Waals surface area contributed by atoms with Gasteiger partial charge < -0.3 is 23.7 Å². The van der Waals surface area contributed by atoms with Crippen LogP contribution in [0.25, 0.3) is 22.4 Å². The van der Waals surface area contributed by atoms with Gasteiger partial charge in [-0.15, -0.1) is 0 Å². The molecule has 8 nitrogen and oxygen atoms in total. The highest BCUT2D eigenvalue weighted by Crippen LogP contribution is 2.33. The largest absolute Gasteiger partial charge is 0.506 e. The van der Waals surface area contributed by atoms with Gasteiger partial charge in [-0.1, -0.05) is 23.8 Å². The van der Waals surface area contributed by atoms with E-state index in [1.807, 2.05) is 39.8 Å². The lowest BCUT2D eigenvalue weighted by Gasteiger charge is -2.15. The first-order valence-corrected chi connectivity index (χ1v) is 11.5. The highest BCUT2D eigenvalue weighted by atomic mass is 16.5. The van der Waals surface area contributed by atoms with Crippen molar-refractivity contribution in [2.75, 3.05) is 14.2 Å². The lowest BCUT2D eigenvalue weighted by Crippen LogP contribution is -2.20. The first kappa shape index (κ1) is 25.5. The van der Waals surface area contributed by atoms with E-state index in [0.29, 0.717) is 22.8 Å². The molecule has 0 aliphatic rings. The third kappa shape index (κ3) is 5.04. The minimum atomic E-state index is -0.964. The summed E-state index contributed by atoms with van der Waals surface area (Å²) in [6.45, 7) is 7.42. The summed E-state index contributed by atoms with van der Waals surface area (Å²) in [4.78, 5) is 31.1. The maximum absolute atomic E-state index is 13.6. The number of benzene rings is 3. The Hall–Kier alpha value is -4.59. The monoisotopic (exact) mass is 501 g/mol. The van der Waals surface area contributed by atoms with Gasteiger partial charge in [0.25, 0.3) is 0 Å². The molecule has 1 N–H and O–H groups in total. The SMILES string of the molecule is COc1ccc(/C(O)=C(\C(=O)Oc2c(C)cc(C)cc2C)c2nc3cc(C)ccc3oc2=O)cc1OC. The van der Waals surface area contributed by atoms with Gasteiger partial charge in [0.05, 0.1) is 14.2 Å². The summed E-state index contributed by atoms with van der Waals surface area (Å²) < 4.78 is 21.8. The minimum Gasteiger partial charge on any atom is -0.506 e. The number of esters is 1. The maximum Gasteiger partial charge on any atom is 0.363 e. The van der Waals surface area contributed by atoms with Gasteiger partial charge in [-0.25, -0.2) is 14.6 Å². The topological polar surface area (TPSA) is 108 Å². The summed E-state index contributed by atoms with van der Waals surface area (Å²) in [6.07, 6.45) is 0. The number of hydrogen-bond donors (Lipinski definition) is 1. The molecule has 0 amide bonds.